The highest BCUT2D eigenvalue weighted by Crippen LogP contribution is 2.43. The van der Waals surface area contributed by atoms with Gasteiger partial charge < -0.3 is 14.8 Å². The van der Waals surface area contributed by atoms with Gasteiger partial charge in [-0.3, -0.25) is 14.5 Å². The molecule has 1 saturated carbocycles. The number of hydrogen-bond donors (Lipinski definition) is 1. The lowest BCUT2D eigenvalue weighted by atomic mass is 9.83. The molecule has 1 unspecified atom stereocenters. The third-order valence-electron chi connectivity index (χ3n) is 5.60. The van der Waals surface area contributed by atoms with Crippen LogP contribution in [0.25, 0.3) is 0 Å². The molecule has 2 amide bonds. The maximum Gasteiger partial charge on any atom is 0.259 e. The van der Waals surface area contributed by atoms with Crippen LogP contribution >= 0.6 is 0 Å². The maximum absolute atomic E-state index is 14.3. The summed E-state index contributed by atoms with van der Waals surface area (Å²) in [5.41, 5.74) is -1.20. The molecule has 2 fully saturated rings. The number of nitrogens with zero attached hydrogens (tertiary/aromatic N) is 1. The third kappa shape index (κ3) is 4.03. The first-order valence-corrected chi connectivity index (χ1v) is 9.57. The molecular formula is C20H26F2N2O4. The van der Waals surface area contributed by atoms with Gasteiger partial charge in [-0.2, -0.15) is 0 Å². The molecule has 1 spiro atoms. The van der Waals surface area contributed by atoms with Crippen LogP contribution in [0.15, 0.2) is 18.2 Å². The molecule has 0 aromatic heterocycles. The fourth-order valence-corrected chi connectivity index (χ4v) is 3.97. The minimum absolute atomic E-state index is 0.0434. The number of methoxy groups -OCH3 is 1. The van der Waals surface area contributed by atoms with E-state index in [0.29, 0.717) is 38.0 Å². The smallest absolute Gasteiger partial charge is 0.259 e. The van der Waals surface area contributed by atoms with E-state index in [0.717, 1.165) is 25.0 Å². The molecule has 1 aromatic rings. The van der Waals surface area contributed by atoms with E-state index in [-0.39, 0.29) is 18.1 Å². The fraction of sp³-hybridized carbons (Fsp3) is 0.600. The Morgan fingerprint density at radius 3 is 2.68 bits per heavy atom. The largest absolute Gasteiger partial charge is 0.383 e. The summed E-state index contributed by atoms with van der Waals surface area (Å²) in [5.74, 6) is -2.25. The summed E-state index contributed by atoms with van der Waals surface area (Å²) >= 11 is 0. The molecule has 1 saturated heterocycles. The molecule has 1 N–H and O–H groups in total. The number of amides is 2. The van der Waals surface area contributed by atoms with Crippen LogP contribution in [-0.4, -0.2) is 55.3 Å². The van der Waals surface area contributed by atoms with Crippen LogP contribution in [0.4, 0.5) is 8.78 Å². The lowest BCUT2D eigenvalue weighted by Gasteiger charge is -2.43. The Kier molecular flexibility index (Phi) is 6.30. The molecule has 8 heteroatoms. The van der Waals surface area contributed by atoms with Gasteiger partial charge in [-0.05, 0) is 43.7 Å². The van der Waals surface area contributed by atoms with E-state index in [1.807, 2.05) is 0 Å². The zero-order chi connectivity index (χ0) is 20.3. The quantitative estimate of drug-likeness (QED) is 0.777. The van der Waals surface area contributed by atoms with Crippen molar-refractivity contribution in [1.29, 1.82) is 0 Å². The van der Waals surface area contributed by atoms with Gasteiger partial charge >= 0.3 is 0 Å². The summed E-state index contributed by atoms with van der Waals surface area (Å²) < 4.78 is 38.5. The predicted molar refractivity (Wildman–Crippen MR) is 97.5 cm³/mol. The molecule has 1 heterocycles. The van der Waals surface area contributed by atoms with Crippen molar-refractivity contribution in [2.45, 2.75) is 44.4 Å². The van der Waals surface area contributed by atoms with E-state index >= 15 is 0 Å². The van der Waals surface area contributed by atoms with Crippen LogP contribution in [0, 0.1) is 17.6 Å². The van der Waals surface area contributed by atoms with Crippen LogP contribution in [0.1, 0.15) is 43.0 Å². The van der Waals surface area contributed by atoms with Crippen molar-refractivity contribution in [2.75, 3.05) is 26.9 Å². The summed E-state index contributed by atoms with van der Waals surface area (Å²) in [6.45, 7) is 2.80. The number of halogens is 2. The zero-order valence-corrected chi connectivity index (χ0v) is 16.2. The summed E-state index contributed by atoms with van der Waals surface area (Å²) in [4.78, 5) is 27.3. The molecule has 1 aliphatic carbocycles. The van der Waals surface area contributed by atoms with Crippen molar-refractivity contribution in [3.63, 3.8) is 0 Å². The third-order valence-corrected chi connectivity index (χ3v) is 5.60. The van der Waals surface area contributed by atoms with Gasteiger partial charge in [-0.1, -0.05) is 6.92 Å². The monoisotopic (exact) mass is 396 g/mol. The Hall–Kier alpha value is -2.06. The summed E-state index contributed by atoms with van der Waals surface area (Å²) in [6, 6.07) is 1.95. The normalized spacial score (nSPS) is 27.2. The minimum Gasteiger partial charge on any atom is -0.383 e. The highest BCUT2D eigenvalue weighted by molar-refractivity contribution is 5.98. The molecular weight excluding hydrogens is 370 g/mol. The minimum atomic E-state index is -0.949. The molecule has 6 nitrogen and oxygen atoms in total. The molecule has 28 heavy (non-hydrogen) atoms. The van der Waals surface area contributed by atoms with Crippen LogP contribution in [0.3, 0.4) is 0 Å². The van der Waals surface area contributed by atoms with E-state index in [2.05, 4.69) is 12.2 Å². The first kappa shape index (κ1) is 20.7. The SMILES string of the molecule is COCCNC(=O)C1COC2(CCC(C)CC2)N1C(=O)c1ccc(F)cc1F. The topological polar surface area (TPSA) is 67.9 Å². The molecule has 1 aliphatic heterocycles. The summed E-state index contributed by atoms with van der Waals surface area (Å²) in [6.07, 6.45) is 2.83. The Bertz CT molecular complexity index is 735. The van der Waals surface area contributed by atoms with Gasteiger partial charge in [0.15, 0.2) is 0 Å². The molecule has 154 valence electrons. The molecule has 3 rings (SSSR count). The number of carbonyl (C=O) groups excluding carboxylic acids is 2. The molecule has 0 radical (unpaired) electrons. The van der Waals surface area contributed by atoms with Gasteiger partial charge in [0.05, 0.1) is 18.8 Å². The second-order valence-electron chi connectivity index (χ2n) is 7.54. The van der Waals surface area contributed by atoms with E-state index in [9.17, 15) is 18.4 Å². The second-order valence-corrected chi connectivity index (χ2v) is 7.54. The van der Waals surface area contributed by atoms with Crippen LogP contribution in [0.5, 0.6) is 0 Å². The van der Waals surface area contributed by atoms with Gasteiger partial charge in [0.2, 0.25) is 5.91 Å². The molecule has 0 bridgehead atoms. The summed E-state index contributed by atoms with van der Waals surface area (Å²) in [7, 11) is 1.52. The number of benzene rings is 1. The fourth-order valence-electron chi connectivity index (χ4n) is 3.97. The van der Waals surface area contributed by atoms with Crippen LogP contribution < -0.4 is 5.32 Å². The van der Waals surface area contributed by atoms with Crippen molar-refractivity contribution in [3.05, 3.63) is 35.4 Å². The number of nitrogens with one attached hydrogen (secondary N) is 1. The standard InChI is InChI=1S/C20H26F2N2O4/c1-13-5-7-20(8-6-13)24(17(12-28-20)18(25)23-9-10-27-2)19(26)15-4-3-14(21)11-16(15)22/h3-4,11,13,17H,5-10,12H2,1-2H3,(H,23,25). The number of ether oxygens (including phenoxy) is 2. The Morgan fingerprint density at radius 2 is 2.04 bits per heavy atom. The Morgan fingerprint density at radius 1 is 1.32 bits per heavy atom. The summed E-state index contributed by atoms with van der Waals surface area (Å²) in [5, 5.41) is 2.72. The highest BCUT2D eigenvalue weighted by Gasteiger charge is 2.53. The maximum atomic E-state index is 14.3. The Labute approximate surface area is 163 Å². The second kappa shape index (κ2) is 8.53. The number of hydrogen-bond acceptors (Lipinski definition) is 4. The molecule has 2 aliphatic rings. The first-order valence-electron chi connectivity index (χ1n) is 9.57. The number of carbonyl (C=O) groups is 2. The van der Waals surface area contributed by atoms with Crippen LogP contribution in [0.2, 0.25) is 0 Å². The van der Waals surface area contributed by atoms with Crippen molar-refractivity contribution < 1.29 is 27.8 Å². The first-order chi connectivity index (χ1) is 13.4. The van der Waals surface area contributed by atoms with Gasteiger partial charge in [0.1, 0.15) is 23.4 Å². The lowest BCUT2D eigenvalue weighted by Crippen LogP contribution is -2.57. The van der Waals surface area contributed by atoms with Crippen molar-refractivity contribution in [2.24, 2.45) is 5.92 Å². The lowest BCUT2D eigenvalue weighted by molar-refractivity contribution is -0.128. The molecule has 1 atom stereocenters. The average Bonchev–Trinajstić information content (AvgIpc) is 3.03. The van der Waals surface area contributed by atoms with Crippen molar-refractivity contribution in [3.8, 4) is 0 Å². The zero-order valence-electron chi connectivity index (χ0n) is 16.2. The van der Waals surface area contributed by atoms with Gasteiger partial charge in [-0.15, -0.1) is 0 Å². The number of rotatable bonds is 5. The van der Waals surface area contributed by atoms with Gasteiger partial charge in [0, 0.05) is 19.7 Å². The van der Waals surface area contributed by atoms with Crippen molar-refractivity contribution >= 4 is 11.8 Å². The van der Waals surface area contributed by atoms with E-state index < -0.39 is 29.3 Å². The predicted octanol–water partition coefficient (Wildman–Crippen LogP) is 2.47. The van der Waals surface area contributed by atoms with E-state index in [4.69, 9.17) is 9.47 Å². The van der Waals surface area contributed by atoms with E-state index in [1.165, 1.54) is 12.0 Å². The Balaban J connectivity index is 1.90. The van der Waals surface area contributed by atoms with Crippen molar-refractivity contribution in [1.82, 2.24) is 10.2 Å². The average molecular weight is 396 g/mol. The molecule has 1 aromatic carbocycles. The van der Waals surface area contributed by atoms with E-state index in [1.54, 1.807) is 0 Å². The van der Waals surface area contributed by atoms with Gasteiger partial charge in [-0.25, -0.2) is 8.78 Å². The van der Waals surface area contributed by atoms with Gasteiger partial charge in [0.25, 0.3) is 5.91 Å². The highest BCUT2D eigenvalue weighted by atomic mass is 19.1. The van der Waals surface area contributed by atoms with Crippen LogP contribution in [-0.2, 0) is 14.3 Å².